The molecule has 2 aromatic heterocycles. The summed E-state index contributed by atoms with van der Waals surface area (Å²) in [7, 11) is 0. The van der Waals surface area contributed by atoms with Crippen LogP contribution in [0.25, 0.3) is 11.0 Å². The number of aryl methyl sites for hydroxylation is 1. The number of benzene rings is 1. The topological polar surface area (TPSA) is 67.2 Å². The smallest absolute Gasteiger partial charge is 0.261 e. The number of amides is 2. The number of rotatable bonds is 9. The van der Waals surface area contributed by atoms with Gasteiger partial charge in [-0.15, -0.1) is 11.3 Å². The van der Waals surface area contributed by atoms with E-state index < -0.39 is 0 Å². The lowest BCUT2D eigenvalue weighted by Gasteiger charge is -2.31. The number of hydrogen-bond donors (Lipinski definition) is 1. The molecule has 0 radical (unpaired) electrons. The van der Waals surface area contributed by atoms with Crippen molar-refractivity contribution in [3.8, 4) is 0 Å². The molecule has 30 heavy (non-hydrogen) atoms. The second-order valence-electron chi connectivity index (χ2n) is 7.93. The Morgan fingerprint density at radius 3 is 2.50 bits per heavy atom. The Labute approximate surface area is 181 Å². The normalized spacial score (nSPS) is 11.4. The SMILES string of the molecule is CC(C)N(C(=O)Cn1c(CCCNC(=O)c2cccs2)nc2ccccc21)C(C)C. The van der Waals surface area contributed by atoms with Gasteiger partial charge in [0.15, 0.2) is 0 Å². The lowest BCUT2D eigenvalue weighted by atomic mass is 10.2. The van der Waals surface area contributed by atoms with Crippen molar-refractivity contribution < 1.29 is 9.59 Å². The number of carbonyl (C=O) groups excluding carboxylic acids is 2. The van der Waals surface area contributed by atoms with Crippen molar-refractivity contribution in [1.82, 2.24) is 19.8 Å². The first-order chi connectivity index (χ1) is 14.4. The molecule has 6 nitrogen and oxygen atoms in total. The minimum absolute atomic E-state index is 0.0433. The Morgan fingerprint density at radius 1 is 1.10 bits per heavy atom. The van der Waals surface area contributed by atoms with Crippen molar-refractivity contribution in [2.75, 3.05) is 6.54 Å². The first-order valence-corrected chi connectivity index (χ1v) is 11.3. The van der Waals surface area contributed by atoms with E-state index in [1.807, 2.05) is 78.9 Å². The van der Waals surface area contributed by atoms with E-state index in [0.717, 1.165) is 28.2 Å². The summed E-state index contributed by atoms with van der Waals surface area (Å²) in [5.41, 5.74) is 1.86. The molecule has 2 amide bonds. The number of nitrogens with zero attached hydrogens (tertiary/aromatic N) is 3. The molecule has 0 bridgehead atoms. The average molecular weight is 427 g/mol. The highest BCUT2D eigenvalue weighted by Gasteiger charge is 2.22. The Kier molecular flexibility index (Phi) is 7.26. The number of carbonyl (C=O) groups is 2. The number of hydrogen-bond acceptors (Lipinski definition) is 4. The first kappa shape index (κ1) is 22.0. The lowest BCUT2D eigenvalue weighted by Crippen LogP contribution is -2.43. The summed E-state index contributed by atoms with van der Waals surface area (Å²) >= 11 is 1.43. The molecular weight excluding hydrogens is 396 g/mol. The predicted octanol–water partition coefficient (Wildman–Crippen LogP) is 4.11. The molecule has 160 valence electrons. The number of imidazole rings is 1. The van der Waals surface area contributed by atoms with Crippen molar-refractivity contribution in [2.45, 2.75) is 59.2 Å². The van der Waals surface area contributed by atoms with Gasteiger partial charge in [-0.05, 0) is 57.7 Å². The van der Waals surface area contributed by atoms with Crippen LogP contribution < -0.4 is 5.32 Å². The number of thiophene rings is 1. The Hall–Kier alpha value is -2.67. The van der Waals surface area contributed by atoms with E-state index in [1.54, 1.807) is 0 Å². The van der Waals surface area contributed by atoms with Gasteiger partial charge in [0.1, 0.15) is 12.4 Å². The Bertz CT molecular complexity index is 984. The molecule has 0 atom stereocenters. The van der Waals surface area contributed by atoms with Crippen LogP contribution in [0.3, 0.4) is 0 Å². The van der Waals surface area contributed by atoms with Crippen LogP contribution in [0.15, 0.2) is 41.8 Å². The summed E-state index contributed by atoms with van der Waals surface area (Å²) in [6.45, 7) is 9.01. The molecule has 0 spiro atoms. The molecule has 0 fully saturated rings. The highest BCUT2D eigenvalue weighted by molar-refractivity contribution is 7.12. The average Bonchev–Trinajstić information content (AvgIpc) is 3.33. The number of aromatic nitrogens is 2. The minimum Gasteiger partial charge on any atom is -0.351 e. The molecule has 3 aromatic rings. The van der Waals surface area contributed by atoms with E-state index in [9.17, 15) is 9.59 Å². The third kappa shape index (κ3) is 5.08. The number of fused-ring (bicyclic) bond motifs is 1. The molecule has 7 heteroatoms. The summed E-state index contributed by atoms with van der Waals surface area (Å²) < 4.78 is 2.02. The van der Waals surface area contributed by atoms with Crippen LogP contribution in [0, 0.1) is 0 Å². The fourth-order valence-corrected chi connectivity index (χ4v) is 4.47. The zero-order valence-corrected chi connectivity index (χ0v) is 18.9. The van der Waals surface area contributed by atoms with Gasteiger partial charge in [0.2, 0.25) is 5.91 Å². The van der Waals surface area contributed by atoms with Crippen LogP contribution in [0.5, 0.6) is 0 Å². The van der Waals surface area contributed by atoms with Gasteiger partial charge in [0, 0.05) is 25.0 Å². The van der Waals surface area contributed by atoms with Gasteiger partial charge >= 0.3 is 0 Å². The molecule has 0 aliphatic rings. The summed E-state index contributed by atoms with van der Waals surface area (Å²) in [6, 6.07) is 11.9. The molecular formula is C23H30N4O2S. The van der Waals surface area contributed by atoms with Crippen LogP contribution in [0.1, 0.15) is 49.6 Å². The van der Waals surface area contributed by atoms with E-state index in [4.69, 9.17) is 4.98 Å². The van der Waals surface area contributed by atoms with Gasteiger partial charge in [-0.1, -0.05) is 18.2 Å². The lowest BCUT2D eigenvalue weighted by molar-refractivity contribution is -0.135. The van der Waals surface area contributed by atoms with Gasteiger partial charge in [-0.3, -0.25) is 9.59 Å². The summed E-state index contributed by atoms with van der Waals surface area (Å²) in [6.07, 6.45) is 1.45. The van der Waals surface area contributed by atoms with Crippen molar-refractivity contribution in [2.24, 2.45) is 0 Å². The fraction of sp³-hybridized carbons (Fsp3) is 0.435. The summed E-state index contributed by atoms with van der Waals surface area (Å²) in [5.74, 6) is 0.927. The summed E-state index contributed by atoms with van der Waals surface area (Å²) in [5, 5.41) is 4.85. The maximum absolute atomic E-state index is 13.1. The van der Waals surface area contributed by atoms with Crippen molar-refractivity contribution >= 4 is 34.2 Å². The Balaban J connectivity index is 1.71. The molecule has 0 unspecified atom stereocenters. The zero-order chi connectivity index (χ0) is 21.7. The maximum Gasteiger partial charge on any atom is 0.261 e. The highest BCUT2D eigenvalue weighted by atomic mass is 32.1. The molecule has 3 rings (SSSR count). The molecule has 1 N–H and O–H groups in total. The molecule has 0 aliphatic carbocycles. The zero-order valence-electron chi connectivity index (χ0n) is 18.1. The third-order valence-electron chi connectivity index (χ3n) is 5.04. The standard InChI is InChI=1S/C23H30N4O2S/c1-16(2)27(17(3)4)22(28)15-26-19-10-6-5-9-18(19)25-21(26)12-7-13-24-23(29)20-11-8-14-30-20/h5-6,8-11,14,16-17H,7,12-13,15H2,1-4H3,(H,24,29). The molecule has 0 aliphatic heterocycles. The Morgan fingerprint density at radius 2 is 1.83 bits per heavy atom. The van der Waals surface area contributed by atoms with E-state index >= 15 is 0 Å². The van der Waals surface area contributed by atoms with E-state index in [-0.39, 0.29) is 30.4 Å². The van der Waals surface area contributed by atoms with Crippen molar-refractivity contribution in [1.29, 1.82) is 0 Å². The maximum atomic E-state index is 13.1. The van der Waals surface area contributed by atoms with Crippen LogP contribution in [0.4, 0.5) is 0 Å². The minimum atomic E-state index is -0.0433. The highest BCUT2D eigenvalue weighted by Crippen LogP contribution is 2.18. The predicted molar refractivity (Wildman–Crippen MR) is 122 cm³/mol. The van der Waals surface area contributed by atoms with Crippen LogP contribution in [-0.2, 0) is 17.8 Å². The van der Waals surface area contributed by atoms with Crippen molar-refractivity contribution in [3.05, 3.63) is 52.5 Å². The monoisotopic (exact) mass is 426 g/mol. The largest absolute Gasteiger partial charge is 0.351 e. The van der Waals surface area contributed by atoms with Gasteiger partial charge in [0.05, 0.1) is 15.9 Å². The van der Waals surface area contributed by atoms with E-state index in [1.165, 1.54) is 11.3 Å². The molecule has 1 aromatic carbocycles. The summed E-state index contributed by atoms with van der Waals surface area (Å²) in [4.78, 5) is 32.6. The van der Waals surface area contributed by atoms with E-state index in [2.05, 4.69) is 5.32 Å². The van der Waals surface area contributed by atoms with Gasteiger partial charge in [-0.2, -0.15) is 0 Å². The van der Waals surface area contributed by atoms with Gasteiger partial charge in [-0.25, -0.2) is 4.98 Å². The van der Waals surface area contributed by atoms with Crippen LogP contribution >= 0.6 is 11.3 Å². The second kappa shape index (κ2) is 9.89. The van der Waals surface area contributed by atoms with Crippen LogP contribution in [-0.4, -0.2) is 44.9 Å². The van der Waals surface area contributed by atoms with E-state index in [0.29, 0.717) is 13.0 Å². The molecule has 0 saturated heterocycles. The number of nitrogens with one attached hydrogen (secondary N) is 1. The molecule has 2 heterocycles. The van der Waals surface area contributed by atoms with Crippen molar-refractivity contribution in [3.63, 3.8) is 0 Å². The quantitative estimate of drug-likeness (QED) is 0.524. The van der Waals surface area contributed by atoms with Crippen LogP contribution in [0.2, 0.25) is 0 Å². The third-order valence-corrected chi connectivity index (χ3v) is 5.90. The van der Waals surface area contributed by atoms with Gasteiger partial charge < -0.3 is 14.8 Å². The fourth-order valence-electron chi connectivity index (χ4n) is 3.83. The van der Waals surface area contributed by atoms with Gasteiger partial charge in [0.25, 0.3) is 5.91 Å². The number of para-hydroxylation sites is 2. The first-order valence-electron chi connectivity index (χ1n) is 10.5. The molecule has 0 saturated carbocycles. The second-order valence-corrected chi connectivity index (χ2v) is 8.88.